The average Bonchev–Trinajstić information content (AvgIpc) is 2.80. The van der Waals surface area contributed by atoms with Crippen molar-refractivity contribution in [2.24, 2.45) is 0 Å². The minimum Gasteiger partial charge on any atom is -0.378 e. The van der Waals surface area contributed by atoms with Gasteiger partial charge in [-0.25, -0.2) is 9.78 Å². The molecule has 1 aliphatic heterocycles. The van der Waals surface area contributed by atoms with Gasteiger partial charge in [-0.15, -0.1) is 0 Å². The van der Waals surface area contributed by atoms with Gasteiger partial charge in [0.25, 0.3) is 0 Å². The van der Waals surface area contributed by atoms with Crippen molar-refractivity contribution < 1.29 is 14.3 Å². The Kier molecular flexibility index (Phi) is 6.18. The van der Waals surface area contributed by atoms with Crippen molar-refractivity contribution in [2.45, 2.75) is 6.92 Å². The zero-order valence-electron chi connectivity index (χ0n) is 17.2. The number of amides is 2. The molecular weight excluding hydrogens is 394 g/mol. The zero-order valence-corrected chi connectivity index (χ0v) is 17.2. The van der Waals surface area contributed by atoms with Crippen LogP contribution < -0.4 is 15.5 Å². The number of anilines is 3. The molecule has 0 aliphatic carbocycles. The molecule has 0 atom stereocenters. The van der Waals surface area contributed by atoms with Gasteiger partial charge in [-0.1, -0.05) is 24.3 Å². The summed E-state index contributed by atoms with van der Waals surface area (Å²) in [7, 11) is 0. The fraction of sp³-hybridized carbons (Fsp3) is 0.217. The summed E-state index contributed by atoms with van der Waals surface area (Å²) in [4.78, 5) is 35.2. The van der Waals surface area contributed by atoms with Gasteiger partial charge in [-0.3, -0.25) is 9.78 Å². The highest BCUT2D eigenvalue weighted by Gasteiger charge is 2.18. The molecule has 1 aromatic heterocycles. The molecule has 0 spiro atoms. The van der Waals surface area contributed by atoms with Crippen molar-refractivity contribution in [1.82, 2.24) is 9.97 Å². The maximum absolute atomic E-state index is 12.5. The van der Waals surface area contributed by atoms with E-state index in [0.29, 0.717) is 30.2 Å². The topological polar surface area (TPSA) is 96.5 Å². The number of carbonyl (C=O) groups excluding carboxylic acids is 2. The molecule has 1 fully saturated rings. The zero-order chi connectivity index (χ0) is 21.6. The van der Waals surface area contributed by atoms with Crippen LogP contribution in [0.4, 0.5) is 22.0 Å². The molecule has 0 radical (unpaired) electrons. The number of aromatic nitrogens is 2. The molecule has 2 N–H and O–H groups in total. The lowest BCUT2D eigenvalue weighted by Gasteiger charge is -2.28. The van der Waals surface area contributed by atoms with Crippen molar-refractivity contribution in [3.63, 3.8) is 0 Å². The van der Waals surface area contributed by atoms with Gasteiger partial charge in [-0.05, 0) is 31.2 Å². The van der Waals surface area contributed by atoms with E-state index in [4.69, 9.17) is 4.74 Å². The van der Waals surface area contributed by atoms with Crippen LogP contribution in [0.2, 0.25) is 0 Å². The summed E-state index contributed by atoms with van der Waals surface area (Å²) in [6.45, 7) is 4.31. The molecular formula is C23H23N5O3. The SMILES string of the molecule is CC(=O)c1cccc(NC(=O)Nc2cccc(-c3nccnc3N3CCOCC3)c2)c1. The molecule has 4 rings (SSSR count). The largest absolute Gasteiger partial charge is 0.378 e. The normalized spacial score (nSPS) is 13.5. The van der Waals surface area contributed by atoms with E-state index in [9.17, 15) is 9.59 Å². The number of benzene rings is 2. The highest BCUT2D eigenvalue weighted by atomic mass is 16.5. The van der Waals surface area contributed by atoms with E-state index in [-0.39, 0.29) is 5.78 Å². The molecule has 8 heteroatoms. The second-order valence-electron chi connectivity index (χ2n) is 7.12. The number of hydrogen-bond donors (Lipinski definition) is 2. The Morgan fingerprint density at radius 3 is 2.35 bits per heavy atom. The summed E-state index contributed by atoms with van der Waals surface area (Å²) < 4.78 is 5.44. The van der Waals surface area contributed by atoms with Gasteiger partial charge >= 0.3 is 6.03 Å². The van der Waals surface area contributed by atoms with Crippen LogP contribution in [0.15, 0.2) is 60.9 Å². The Labute approximate surface area is 180 Å². The maximum atomic E-state index is 12.5. The number of ether oxygens (including phenoxy) is 1. The highest BCUT2D eigenvalue weighted by Crippen LogP contribution is 2.29. The van der Waals surface area contributed by atoms with Gasteiger partial charge in [0.15, 0.2) is 11.6 Å². The summed E-state index contributed by atoms with van der Waals surface area (Å²) in [5.41, 5.74) is 3.31. The molecule has 0 bridgehead atoms. The van der Waals surface area contributed by atoms with Gasteiger partial charge in [0, 0.05) is 48.0 Å². The number of nitrogens with one attached hydrogen (secondary N) is 2. The van der Waals surface area contributed by atoms with E-state index >= 15 is 0 Å². The Balaban J connectivity index is 1.51. The second kappa shape index (κ2) is 9.36. The number of carbonyl (C=O) groups is 2. The molecule has 2 heterocycles. The van der Waals surface area contributed by atoms with Crippen LogP contribution in [0.3, 0.4) is 0 Å². The summed E-state index contributed by atoms with van der Waals surface area (Å²) in [6, 6.07) is 13.9. The van der Waals surface area contributed by atoms with Crippen LogP contribution in [0.5, 0.6) is 0 Å². The van der Waals surface area contributed by atoms with Crippen LogP contribution in [0, 0.1) is 0 Å². The third-order valence-electron chi connectivity index (χ3n) is 4.91. The smallest absolute Gasteiger partial charge is 0.323 e. The number of nitrogens with zero attached hydrogens (tertiary/aromatic N) is 3. The molecule has 0 unspecified atom stereocenters. The number of rotatable bonds is 5. The van der Waals surface area contributed by atoms with Gasteiger partial charge in [-0.2, -0.15) is 0 Å². The van der Waals surface area contributed by atoms with Gasteiger partial charge in [0.05, 0.1) is 13.2 Å². The monoisotopic (exact) mass is 417 g/mol. The van der Waals surface area contributed by atoms with Gasteiger partial charge in [0.1, 0.15) is 5.69 Å². The number of ketones is 1. The van der Waals surface area contributed by atoms with Crippen molar-refractivity contribution in [1.29, 1.82) is 0 Å². The summed E-state index contributed by atoms with van der Waals surface area (Å²) >= 11 is 0. The molecule has 2 amide bonds. The number of morpholine rings is 1. The molecule has 158 valence electrons. The lowest BCUT2D eigenvalue weighted by Crippen LogP contribution is -2.37. The van der Waals surface area contributed by atoms with Crippen molar-refractivity contribution in [2.75, 3.05) is 41.8 Å². The molecule has 1 saturated heterocycles. The number of hydrogen-bond acceptors (Lipinski definition) is 6. The highest BCUT2D eigenvalue weighted by molar-refractivity contribution is 6.01. The van der Waals surface area contributed by atoms with Crippen LogP contribution in [-0.4, -0.2) is 48.1 Å². The first-order valence-electron chi connectivity index (χ1n) is 10.0. The molecule has 31 heavy (non-hydrogen) atoms. The standard InChI is InChI=1S/C23H23N5O3/c1-16(29)17-4-2-6-19(14-17)26-23(30)27-20-7-3-5-18(15-20)21-22(25-9-8-24-21)28-10-12-31-13-11-28/h2-9,14-15H,10-13H2,1H3,(H2,26,27,30). The van der Waals surface area contributed by atoms with E-state index < -0.39 is 6.03 Å². The van der Waals surface area contributed by atoms with E-state index in [1.54, 1.807) is 42.7 Å². The fourth-order valence-corrected chi connectivity index (χ4v) is 3.39. The third kappa shape index (κ3) is 5.04. The third-order valence-corrected chi connectivity index (χ3v) is 4.91. The first-order valence-corrected chi connectivity index (χ1v) is 10.0. The van der Waals surface area contributed by atoms with Crippen LogP contribution in [-0.2, 0) is 4.74 Å². The lowest BCUT2D eigenvalue weighted by molar-refractivity contribution is 0.101. The van der Waals surface area contributed by atoms with E-state index in [1.165, 1.54) is 6.92 Å². The van der Waals surface area contributed by atoms with Crippen molar-refractivity contribution in [3.8, 4) is 11.3 Å². The summed E-state index contributed by atoms with van der Waals surface area (Å²) in [6.07, 6.45) is 3.34. The minimum absolute atomic E-state index is 0.0585. The molecule has 2 aromatic carbocycles. The Morgan fingerprint density at radius 1 is 0.935 bits per heavy atom. The molecule has 8 nitrogen and oxygen atoms in total. The first kappa shape index (κ1) is 20.5. The minimum atomic E-state index is -0.398. The van der Waals surface area contributed by atoms with Crippen LogP contribution in [0.1, 0.15) is 17.3 Å². The van der Waals surface area contributed by atoms with Crippen LogP contribution >= 0.6 is 0 Å². The van der Waals surface area contributed by atoms with E-state index in [2.05, 4.69) is 25.5 Å². The van der Waals surface area contributed by atoms with Crippen molar-refractivity contribution >= 4 is 29.0 Å². The Bertz CT molecular complexity index is 1100. The quantitative estimate of drug-likeness (QED) is 0.613. The van der Waals surface area contributed by atoms with Crippen LogP contribution in [0.25, 0.3) is 11.3 Å². The van der Waals surface area contributed by atoms with E-state index in [1.807, 2.05) is 18.2 Å². The number of Topliss-reactive ketones (excluding diaryl/α,β-unsaturated/α-hetero) is 1. The second-order valence-corrected chi connectivity index (χ2v) is 7.12. The predicted molar refractivity (Wildman–Crippen MR) is 120 cm³/mol. The summed E-state index contributed by atoms with van der Waals surface area (Å²) in [5.74, 6) is 0.741. The number of urea groups is 1. The molecule has 3 aromatic rings. The Hall–Kier alpha value is -3.78. The van der Waals surface area contributed by atoms with Gasteiger partial charge < -0.3 is 20.3 Å². The molecule has 0 saturated carbocycles. The van der Waals surface area contributed by atoms with Gasteiger partial charge in [0.2, 0.25) is 0 Å². The first-order chi connectivity index (χ1) is 15.1. The van der Waals surface area contributed by atoms with E-state index in [0.717, 1.165) is 30.2 Å². The average molecular weight is 417 g/mol. The predicted octanol–water partition coefficient (Wildman–Crippen LogP) is 3.83. The summed E-state index contributed by atoms with van der Waals surface area (Å²) in [5, 5.41) is 5.59. The molecule has 1 aliphatic rings. The Morgan fingerprint density at radius 2 is 1.61 bits per heavy atom. The lowest BCUT2D eigenvalue weighted by atomic mass is 10.1. The maximum Gasteiger partial charge on any atom is 0.323 e. The fourth-order valence-electron chi connectivity index (χ4n) is 3.39. The van der Waals surface area contributed by atoms with Crippen molar-refractivity contribution in [3.05, 3.63) is 66.5 Å².